The van der Waals surface area contributed by atoms with Crippen molar-refractivity contribution in [3.05, 3.63) is 74.0 Å². The molecular weight excluding hydrogens is 467 g/mol. The van der Waals surface area contributed by atoms with Crippen LogP contribution in [0.1, 0.15) is 26.3 Å². The predicted octanol–water partition coefficient (Wildman–Crippen LogP) is 3.44. The monoisotopic (exact) mass is 490 g/mol. The van der Waals surface area contributed by atoms with E-state index in [1.165, 1.54) is 29.4 Å². The highest BCUT2D eigenvalue weighted by molar-refractivity contribution is 7.93. The summed E-state index contributed by atoms with van der Waals surface area (Å²) in [6.45, 7) is 5.73. The maximum Gasteiger partial charge on any atom is 0.262 e. The summed E-state index contributed by atoms with van der Waals surface area (Å²) < 4.78 is 31.5. The van der Waals surface area contributed by atoms with Gasteiger partial charge >= 0.3 is 0 Å². The summed E-state index contributed by atoms with van der Waals surface area (Å²) in [6, 6.07) is 8.28. The van der Waals surface area contributed by atoms with E-state index in [0.29, 0.717) is 21.1 Å². The van der Waals surface area contributed by atoms with E-state index in [0.717, 1.165) is 0 Å². The molecule has 2 heterocycles. The van der Waals surface area contributed by atoms with Gasteiger partial charge in [0.05, 0.1) is 30.6 Å². The number of benzene rings is 2. The first kappa shape index (κ1) is 23.3. The molecule has 0 aliphatic carbocycles. The van der Waals surface area contributed by atoms with Gasteiger partial charge in [-0.2, -0.15) is 4.40 Å². The second kappa shape index (κ2) is 7.85. The van der Waals surface area contributed by atoms with Gasteiger partial charge in [0.15, 0.2) is 5.84 Å². The van der Waals surface area contributed by atoms with Gasteiger partial charge in [0.2, 0.25) is 0 Å². The van der Waals surface area contributed by atoms with E-state index < -0.39 is 32.9 Å². The van der Waals surface area contributed by atoms with Gasteiger partial charge in [-0.3, -0.25) is 4.79 Å². The van der Waals surface area contributed by atoms with Crippen molar-refractivity contribution in [2.75, 3.05) is 12.0 Å². The molecule has 2 aromatic rings. The predicted molar refractivity (Wildman–Crippen MR) is 127 cm³/mol. The summed E-state index contributed by atoms with van der Waals surface area (Å²) in [7, 11) is -2.95. The second-order valence-corrected chi connectivity index (χ2v) is 11.9. The summed E-state index contributed by atoms with van der Waals surface area (Å²) in [5, 5.41) is 11.5. The number of anilines is 1. The van der Waals surface area contributed by atoms with Gasteiger partial charge in [0.1, 0.15) is 17.1 Å². The highest BCUT2D eigenvalue weighted by Crippen LogP contribution is 2.38. The molecule has 2 aliphatic heterocycles. The van der Waals surface area contributed by atoms with E-state index in [2.05, 4.69) is 9.39 Å². The van der Waals surface area contributed by atoms with Crippen molar-refractivity contribution in [2.24, 2.45) is 14.8 Å². The van der Waals surface area contributed by atoms with Crippen LogP contribution in [0.25, 0.3) is 0 Å². The lowest BCUT2D eigenvalue weighted by atomic mass is 9.85. The minimum absolute atomic E-state index is 0.0582. The minimum Gasteiger partial charge on any atom is -0.509 e. The third-order valence-electron chi connectivity index (χ3n) is 5.56. The van der Waals surface area contributed by atoms with E-state index in [1.54, 1.807) is 18.2 Å². The summed E-state index contributed by atoms with van der Waals surface area (Å²) in [5.41, 5.74) is 6.19. The fraction of sp³-hybridized carbons (Fsp3) is 0.304. The number of hydrogen-bond donors (Lipinski definition) is 2. The molecular formula is C23H24ClFN4O3S. The Bertz CT molecular complexity index is 1470. The molecule has 4 rings (SSSR count). The number of hydrogen-bond acceptors (Lipinski definition) is 5. The Hall–Kier alpha value is -2.91. The molecule has 2 aliphatic rings. The van der Waals surface area contributed by atoms with E-state index in [9.17, 15) is 18.5 Å². The van der Waals surface area contributed by atoms with Crippen LogP contribution in [0.2, 0.25) is 5.02 Å². The number of nitrogens with two attached hydrogens (primary N) is 1. The number of aliphatic hydroxyl groups excluding tert-OH is 1. The summed E-state index contributed by atoms with van der Waals surface area (Å²) in [6.07, 6.45) is 1.44. The zero-order valence-corrected chi connectivity index (χ0v) is 20.2. The van der Waals surface area contributed by atoms with Crippen LogP contribution < -0.4 is 11.1 Å². The lowest BCUT2D eigenvalue weighted by Gasteiger charge is -2.35. The number of nitrogens with zero attached hydrogens (tertiary/aromatic N) is 3. The topological polar surface area (TPSA) is 108 Å². The number of rotatable bonds is 3. The zero-order valence-electron chi connectivity index (χ0n) is 18.6. The molecule has 0 saturated heterocycles. The van der Waals surface area contributed by atoms with Crippen molar-refractivity contribution in [3.8, 4) is 0 Å². The van der Waals surface area contributed by atoms with Crippen LogP contribution in [-0.2, 0) is 21.0 Å². The normalized spacial score (nSPS) is 22.8. The lowest BCUT2D eigenvalue weighted by molar-refractivity contribution is -0.129. The molecule has 174 valence electrons. The van der Waals surface area contributed by atoms with Crippen LogP contribution in [0.5, 0.6) is 0 Å². The zero-order chi connectivity index (χ0) is 24.3. The Morgan fingerprint density at radius 3 is 2.58 bits per heavy atom. The van der Waals surface area contributed by atoms with Crippen molar-refractivity contribution in [1.82, 2.24) is 4.90 Å². The minimum atomic E-state index is -2.95. The second-order valence-electron chi connectivity index (χ2n) is 9.27. The van der Waals surface area contributed by atoms with Crippen LogP contribution in [0.15, 0.2) is 57.1 Å². The first-order valence-electron chi connectivity index (χ1n) is 10.2. The Morgan fingerprint density at radius 1 is 1.24 bits per heavy atom. The molecule has 0 radical (unpaired) electrons. The SMILES string of the molecule is CC(C)(C)[C@H]1C(O)=C(C2=NS(C)(=O)=c3cc(N)ccc3=N2)C(=O)N1Cc1ccc(F)c(Cl)c1. The Morgan fingerprint density at radius 2 is 1.94 bits per heavy atom. The number of nitrogen functional groups attached to an aromatic ring is 1. The molecule has 1 unspecified atom stereocenters. The van der Waals surface area contributed by atoms with Crippen LogP contribution in [-0.4, -0.2) is 38.3 Å². The van der Waals surface area contributed by atoms with E-state index in [4.69, 9.17) is 17.3 Å². The summed E-state index contributed by atoms with van der Waals surface area (Å²) in [5.74, 6) is -1.35. The molecule has 33 heavy (non-hydrogen) atoms. The number of aliphatic hydroxyl groups is 1. The maximum atomic E-state index is 13.6. The number of carbonyl (C=O) groups is 1. The summed E-state index contributed by atoms with van der Waals surface area (Å²) in [4.78, 5) is 19.5. The average Bonchev–Trinajstić information content (AvgIpc) is 2.94. The molecule has 10 heteroatoms. The number of fused-ring (bicyclic) bond motifs is 1. The fourth-order valence-electron chi connectivity index (χ4n) is 4.12. The van der Waals surface area contributed by atoms with Gasteiger partial charge in [0, 0.05) is 18.5 Å². The molecule has 2 atom stereocenters. The molecule has 0 bridgehead atoms. The fourth-order valence-corrected chi connectivity index (χ4v) is 5.74. The standard InChI is InChI=1S/C23H24ClFN4O3S/c1-23(2,3)20-19(30)18(22(31)29(20)11-12-5-7-15(25)14(24)9-12)21-27-16-8-6-13(26)10-17(16)33(4,32)28-21/h5-10,20,30H,11,26H2,1-4H3/t20-,33?/m1/s1. The molecule has 0 saturated carbocycles. The van der Waals surface area contributed by atoms with Gasteiger partial charge in [-0.05, 0) is 41.3 Å². The average molecular weight is 491 g/mol. The number of amidine groups is 1. The van der Waals surface area contributed by atoms with Crippen LogP contribution in [0.3, 0.4) is 0 Å². The molecule has 0 spiro atoms. The highest BCUT2D eigenvalue weighted by atomic mass is 35.5. The largest absolute Gasteiger partial charge is 0.509 e. The summed E-state index contributed by atoms with van der Waals surface area (Å²) >= 11 is 5.92. The molecule has 7 nitrogen and oxygen atoms in total. The van der Waals surface area contributed by atoms with E-state index in [1.807, 2.05) is 20.8 Å². The quantitative estimate of drug-likeness (QED) is 0.507. The third-order valence-corrected chi connectivity index (χ3v) is 7.52. The molecule has 2 aromatic carbocycles. The van der Waals surface area contributed by atoms with Gasteiger partial charge in [-0.25, -0.2) is 13.6 Å². The third kappa shape index (κ3) is 4.11. The van der Waals surface area contributed by atoms with Crippen LogP contribution in [0, 0.1) is 15.7 Å². The number of halogens is 2. The highest BCUT2D eigenvalue weighted by Gasteiger charge is 2.47. The van der Waals surface area contributed by atoms with Gasteiger partial charge in [-0.1, -0.05) is 38.4 Å². The Balaban J connectivity index is 1.84. The number of carbonyl (C=O) groups excluding carboxylic acids is 1. The van der Waals surface area contributed by atoms with Crippen molar-refractivity contribution in [3.63, 3.8) is 0 Å². The number of amides is 1. The Labute approximate surface area is 196 Å². The lowest BCUT2D eigenvalue weighted by Crippen LogP contribution is -2.43. The molecule has 0 aromatic heterocycles. The first-order chi connectivity index (χ1) is 15.3. The van der Waals surface area contributed by atoms with Gasteiger partial charge < -0.3 is 15.7 Å². The van der Waals surface area contributed by atoms with Crippen molar-refractivity contribution in [2.45, 2.75) is 33.4 Å². The molecule has 1 amide bonds. The van der Waals surface area contributed by atoms with E-state index in [-0.39, 0.29) is 28.7 Å². The van der Waals surface area contributed by atoms with Crippen molar-refractivity contribution in [1.29, 1.82) is 0 Å². The van der Waals surface area contributed by atoms with E-state index >= 15 is 0 Å². The first-order valence-corrected chi connectivity index (χ1v) is 12.5. The molecule has 3 N–H and O–H groups in total. The van der Waals surface area contributed by atoms with Crippen molar-refractivity contribution >= 4 is 38.7 Å². The smallest absolute Gasteiger partial charge is 0.262 e. The van der Waals surface area contributed by atoms with Crippen LogP contribution in [0.4, 0.5) is 10.1 Å². The van der Waals surface area contributed by atoms with Crippen LogP contribution >= 0.6 is 11.6 Å². The Kier molecular flexibility index (Phi) is 5.53. The van der Waals surface area contributed by atoms with Gasteiger partial charge in [-0.15, -0.1) is 0 Å². The van der Waals surface area contributed by atoms with Gasteiger partial charge in [0.25, 0.3) is 5.91 Å². The maximum absolute atomic E-state index is 13.6. The molecule has 0 fully saturated rings. The van der Waals surface area contributed by atoms with Crippen molar-refractivity contribution < 1.29 is 18.5 Å².